The second-order valence-corrected chi connectivity index (χ2v) is 8.28. The number of fused-ring (bicyclic) bond motifs is 1. The molecule has 0 radical (unpaired) electrons. The molecule has 1 aliphatic carbocycles. The fraction of sp³-hybridized carbons (Fsp3) is 0.571. The Balaban J connectivity index is 1.90. The summed E-state index contributed by atoms with van der Waals surface area (Å²) >= 11 is 0. The molecule has 3 atom stereocenters. The minimum atomic E-state index is -4.00. The Hall–Kier alpha value is -2.87. The highest BCUT2D eigenvalue weighted by Gasteiger charge is 2.42. The second kappa shape index (κ2) is 7.27. The van der Waals surface area contributed by atoms with Crippen molar-refractivity contribution in [3.63, 3.8) is 0 Å². The molecule has 2 aromatic rings. The van der Waals surface area contributed by atoms with Crippen LogP contribution in [-0.4, -0.2) is 62.1 Å². The van der Waals surface area contributed by atoms with Gasteiger partial charge in [0.1, 0.15) is 17.7 Å². The maximum Gasteiger partial charge on any atom is 0.352 e. The molecule has 1 fully saturated rings. The lowest BCUT2D eigenvalue weighted by Gasteiger charge is -2.36. The first-order valence-electron chi connectivity index (χ1n) is 8.36. The number of primary sulfonamides is 1. The first-order valence-corrected chi connectivity index (χ1v) is 9.97. The van der Waals surface area contributed by atoms with Gasteiger partial charge in [0.2, 0.25) is 10.0 Å². The van der Waals surface area contributed by atoms with E-state index in [-0.39, 0.29) is 17.8 Å². The zero-order valence-corrected chi connectivity index (χ0v) is 15.9. The Bertz CT molecular complexity index is 1090. The van der Waals surface area contributed by atoms with Gasteiger partial charge in [-0.1, -0.05) is 5.21 Å². The molecular formula is C14H19N7O6S. The number of esters is 1. The summed E-state index contributed by atoms with van der Waals surface area (Å²) in [5, 5.41) is 14.1. The quantitative estimate of drug-likeness (QED) is 0.521. The highest BCUT2D eigenvalue weighted by molar-refractivity contribution is 7.89. The summed E-state index contributed by atoms with van der Waals surface area (Å²) < 4.78 is 31.0. The van der Waals surface area contributed by atoms with E-state index in [1.807, 2.05) is 0 Å². The molecule has 2 aromatic heterocycles. The first kappa shape index (κ1) is 19.9. The molecule has 1 amide bonds. The summed E-state index contributed by atoms with van der Waals surface area (Å²) in [5.74, 6) is -1.40. The van der Waals surface area contributed by atoms with Gasteiger partial charge in [-0.05, 0) is 19.3 Å². The van der Waals surface area contributed by atoms with Gasteiger partial charge < -0.3 is 10.1 Å². The van der Waals surface area contributed by atoms with Gasteiger partial charge in [0, 0.05) is 14.0 Å². The zero-order valence-electron chi connectivity index (χ0n) is 15.1. The van der Waals surface area contributed by atoms with Gasteiger partial charge in [0.05, 0.1) is 6.04 Å². The van der Waals surface area contributed by atoms with Crippen LogP contribution in [0.3, 0.4) is 0 Å². The van der Waals surface area contributed by atoms with E-state index in [9.17, 15) is 22.8 Å². The molecule has 0 bridgehead atoms. The van der Waals surface area contributed by atoms with Crippen LogP contribution in [0.1, 0.15) is 36.7 Å². The van der Waals surface area contributed by atoms with Crippen molar-refractivity contribution in [3.8, 4) is 0 Å². The van der Waals surface area contributed by atoms with Crippen molar-refractivity contribution in [2.24, 2.45) is 12.2 Å². The maximum atomic E-state index is 12.7. The molecule has 3 N–H and O–H groups in total. The molecule has 13 nitrogen and oxygen atoms in total. The summed E-state index contributed by atoms with van der Waals surface area (Å²) in [5.41, 5.74) is -0.755. The van der Waals surface area contributed by atoms with E-state index in [2.05, 4.69) is 20.6 Å². The summed E-state index contributed by atoms with van der Waals surface area (Å²) in [6.07, 6.45) is 1.03. The van der Waals surface area contributed by atoms with Gasteiger partial charge in [0.25, 0.3) is 5.91 Å². The van der Waals surface area contributed by atoms with Gasteiger partial charge in [-0.15, -0.1) is 5.10 Å². The average Bonchev–Trinajstić information content (AvgIpc) is 3.03. The predicted octanol–water partition coefficient (Wildman–Crippen LogP) is -2.31. The van der Waals surface area contributed by atoms with Crippen LogP contribution in [0.5, 0.6) is 0 Å². The van der Waals surface area contributed by atoms with Crippen LogP contribution in [-0.2, 0) is 26.6 Å². The SMILES string of the molecule is CC(=O)OC1C(NC(=O)c2ncn3c(=O)n(C)nnc23)CCCC1S(N)(=O)=O. The van der Waals surface area contributed by atoms with E-state index in [0.29, 0.717) is 12.8 Å². The van der Waals surface area contributed by atoms with Crippen LogP contribution in [0.25, 0.3) is 5.65 Å². The fourth-order valence-corrected chi connectivity index (χ4v) is 4.37. The lowest BCUT2D eigenvalue weighted by Crippen LogP contribution is -2.56. The topological polar surface area (TPSA) is 181 Å². The fourth-order valence-electron chi connectivity index (χ4n) is 3.26. The molecule has 1 saturated carbocycles. The van der Waals surface area contributed by atoms with E-state index < -0.39 is 45.0 Å². The number of rotatable bonds is 4. The number of ether oxygens (including phenoxy) is 1. The van der Waals surface area contributed by atoms with Crippen LogP contribution in [0.4, 0.5) is 0 Å². The normalized spacial score (nSPS) is 22.8. The van der Waals surface area contributed by atoms with Crippen molar-refractivity contribution < 1.29 is 22.7 Å². The number of hydrogen-bond donors (Lipinski definition) is 2. The standard InChI is InChI=1S/C14H19N7O6S/c1-7(22)27-11-8(4-3-5-9(11)28(15,25)26)17-13(23)10-12-18-19-20(2)14(24)21(12)6-16-10/h6,8-9,11H,3-5H2,1-2H3,(H,17,23)(H2,15,25,26). The van der Waals surface area contributed by atoms with E-state index >= 15 is 0 Å². The molecule has 0 saturated heterocycles. The van der Waals surface area contributed by atoms with Gasteiger partial charge in [-0.25, -0.2) is 27.7 Å². The lowest BCUT2D eigenvalue weighted by molar-refractivity contribution is -0.148. The third kappa shape index (κ3) is 3.73. The first-order chi connectivity index (χ1) is 13.1. The highest BCUT2D eigenvalue weighted by atomic mass is 32.2. The number of nitrogens with two attached hydrogens (primary N) is 1. The number of imidazole rings is 1. The largest absolute Gasteiger partial charge is 0.459 e. The lowest BCUT2D eigenvalue weighted by atomic mass is 9.91. The molecule has 28 heavy (non-hydrogen) atoms. The molecule has 0 aromatic carbocycles. The third-order valence-corrected chi connectivity index (χ3v) is 5.87. The number of nitrogens with one attached hydrogen (secondary N) is 1. The third-order valence-electron chi connectivity index (χ3n) is 4.52. The van der Waals surface area contributed by atoms with E-state index in [1.54, 1.807) is 0 Å². The molecule has 3 unspecified atom stereocenters. The molecule has 3 rings (SSSR count). The smallest absolute Gasteiger partial charge is 0.352 e. The van der Waals surface area contributed by atoms with Crippen molar-refractivity contribution >= 4 is 27.5 Å². The molecule has 0 aliphatic heterocycles. The van der Waals surface area contributed by atoms with Crippen LogP contribution in [0.15, 0.2) is 11.1 Å². The molecule has 1 aliphatic rings. The number of nitrogens with zero attached hydrogens (tertiary/aromatic N) is 5. The number of hydrogen-bond acceptors (Lipinski definition) is 9. The molecular weight excluding hydrogens is 394 g/mol. The molecule has 14 heteroatoms. The highest BCUT2D eigenvalue weighted by Crippen LogP contribution is 2.26. The van der Waals surface area contributed by atoms with Gasteiger partial charge in [0.15, 0.2) is 11.3 Å². The van der Waals surface area contributed by atoms with Crippen molar-refractivity contribution in [2.45, 2.75) is 43.6 Å². The van der Waals surface area contributed by atoms with Crippen LogP contribution >= 0.6 is 0 Å². The second-order valence-electron chi connectivity index (χ2n) is 6.49. The minimum Gasteiger partial charge on any atom is -0.459 e. The Kier molecular flexibility index (Phi) is 5.16. The maximum absolute atomic E-state index is 12.7. The van der Waals surface area contributed by atoms with E-state index in [1.165, 1.54) is 7.05 Å². The predicted molar refractivity (Wildman–Crippen MR) is 93.6 cm³/mol. The van der Waals surface area contributed by atoms with Crippen molar-refractivity contribution in [3.05, 3.63) is 22.5 Å². The van der Waals surface area contributed by atoms with Gasteiger partial charge in [-0.2, -0.15) is 4.68 Å². The van der Waals surface area contributed by atoms with E-state index in [0.717, 1.165) is 22.3 Å². The average molecular weight is 413 g/mol. The molecule has 2 heterocycles. The molecule has 152 valence electrons. The van der Waals surface area contributed by atoms with Crippen molar-refractivity contribution in [1.29, 1.82) is 0 Å². The summed E-state index contributed by atoms with van der Waals surface area (Å²) in [6.45, 7) is 1.14. The number of carbonyl (C=O) groups is 2. The van der Waals surface area contributed by atoms with Gasteiger partial charge >= 0.3 is 11.7 Å². The Labute approximate surface area is 158 Å². The Morgan fingerprint density at radius 3 is 2.71 bits per heavy atom. The van der Waals surface area contributed by atoms with Crippen molar-refractivity contribution in [1.82, 2.24) is 29.7 Å². The monoisotopic (exact) mass is 413 g/mol. The van der Waals surface area contributed by atoms with Crippen molar-refractivity contribution in [2.75, 3.05) is 0 Å². The summed E-state index contributed by atoms with van der Waals surface area (Å²) in [6, 6.07) is -0.801. The summed E-state index contributed by atoms with van der Waals surface area (Å²) in [7, 11) is -2.61. The van der Waals surface area contributed by atoms with Gasteiger partial charge in [-0.3, -0.25) is 9.59 Å². The molecule has 0 spiro atoms. The Morgan fingerprint density at radius 1 is 1.36 bits per heavy atom. The van der Waals surface area contributed by atoms with Crippen LogP contribution < -0.4 is 16.1 Å². The number of sulfonamides is 1. The number of aryl methyl sites for hydroxylation is 1. The van der Waals surface area contributed by atoms with Crippen LogP contribution in [0.2, 0.25) is 0 Å². The van der Waals surface area contributed by atoms with Crippen LogP contribution in [0, 0.1) is 0 Å². The number of aromatic nitrogens is 5. The summed E-state index contributed by atoms with van der Waals surface area (Å²) in [4.78, 5) is 40.0. The van der Waals surface area contributed by atoms with E-state index in [4.69, 9.17) is 9.88 Å². The minimum absolute atomic E-state index is 0.0524. The number of carbonyl (C=O) groups excluding carboxylic acids is 2. The number of amides is 1. The Morgan fingerprint density at radius 2 is 2.07 bits per heavy atom. The zero-order chi connectivity index (χ0) is 20.6.